The Morgan fingerprint density at radius 2 is 1.88 bits per heavy atom. The third kappa shape index (κ3) is 5.19. The molecule has 9 heteroatoms. The van der Waals surface area contributed by atoms with E-state index < -0.39 is 0 Å². The molecular formula is C31H40N6O3. The molecule has 7 rings (SSSR count). The summed E-state index contributed by atoms with van der Waals surface area (Å²) in [5.74, 6) is 3.80. The zero-order valence-electron chi connectivity index (χ0n) is 23.6. The third-order valence-electron chi connectivity index (χ3n) is 9.49. The zero-order chi connectivity index (χ0) is 27.8. The first kappa shape index (κ1) is 26.7. The molecule has 2 unspecified atom stereocenters. The Morgan fingerprint density at radius 1 is 1.15 bits per heavy atom. The number of ether oxygens (including phenoxy) is 1. The molecule has 9 nitrogen and oxygen atoms in total. The average Bonchev–Trinajstić information content (AvgIpc) is 3.56. The Labute approximate surface area is 236 Å². The van der Waals surface area contributed by atoms with Gasteiger partial charge >= 0.3 is 6.09 Å². The Hall–Kier alpha value is -3.46. The molecule has 3 heterocycles. The molecule has 3 saturated carbocycles. The van der Waals surface area contributed by atoms with Crippen molar-refractivity contribution in [2.75, 3.05) is 42.9 Å². The molecule has 3 aliphatic carbocycles. The van der Waals surface area contributed by atoms with Gasteiger partial charge in [0.15, 0.2) is 0 Å². The molecule has 0 spiro atoms. The van der Waals surface area contributed by atoms with Crippen LogP contribution < -0.4 is 10.2 Å². The number of hydrogen-bond donors (Lipinski definition) is 1. The molecule has 2 bridgehead atoms. The average molecular weight is 545 g/mol. The predicted octanol–water partition coefficient (Wildman–Crippen LogP) is 4.93. The summed E-state index contributed by atoms with van der Waals surface area (Å²) in [7, 11) is 0. The van der Waals surface area contributed by atoms with Gasteiger partial charge in [-0.05, 0) is 74.5 Å². The Kier molecular flexibility index (Phi) is 7.49. The molecular weight excluding hydrogens is 504 g/mol. The molecule has 1 saturated heterocycles. The van der Waals surface area contributed by atoms with E-state index in [2.05, 4.69) is 58.0 Å². The van der Waals surface area contributed by atoms with E-state index in [0.29, 0.717) is 24.4 Å². The second-order valence-corrected chi connectivity index (χ2v) is 11.8. The maximum atomic E-state index is 12.1. The fourth-order valence-corrected chi connectivity index (χ4v) is 7.11. The normalized spacial score (nSPS) is 25.4. The molecule has 2 aliphatic heterocycles. The second-order valence-electron chi connectivity index (χ2n) is 11.8. The number of fused-ring (bicyclic) bond motifs is 2. The first-order chi connectivity index (χ1) is 19.4. The van der Waals surface area contributed by atoms with Crippen LogP contribution in [0.5, 0.6) is 0 Å². The predicted molar refractivity (Wildman–Crippen MR) is 154 cm³/mol. The van der Waals surface area contributed by atoms with Crippen molar-refractivity contribution in [3.8, 4) is 0 Å². The summed E-state index contributed by atoms with van der Waals surface area (Å²) in [6.45, 7) is 11.6. The molecule has 5 aliphatic rings. The van der Waals surface area contributed by atoms with Crippen LogP contribution in [0.3, 0.4) is 0 Å². The molecule has 0 radical (unpaired) electrons. The number of carbonyl (C=O) groups excluding carboxylic acids is 2. The number of cyclic esters (lactones) is 1. The van der Waals surface area contributed by atoms with E-state index in [-0.39, 0.29) is 24.6 Å². The highest BCUT2D eigenvalue weighted by Gasteiger charge is 2.45. The summed E-state index contributed by atoms with van der Waals surface area (Å²) in [6, 6.07) is 9.33. The number of nitrogens with zero attached hydrogens (tertiary/aromatic N) is 5. The number of anilines is 2. The van der Waals surface area contributed by atoms with Gasteiger partial charge in [-0.15, -0.1) is 0 Å². The second kappa shape index (κ2) is 11.2. The Morgan fingerprint density at radius 3 is 2.52 bits per heavy atom. The fraction of sp³-hybridized carbons (Fsp3) is 0.548. The van der Waals surface area contributed by atoms with Crippen LogP contribution in [0.1, 0.15) is 68.3 Å². The highest BCUT2D eigenvalue weighted by atomic mass is 16.6. The van der Waals surface area contributed by atoms with Crippen LogP contribution in [0, 0.1) is 17.8 Å². The number of hydrogen-bond acceptors (Lipinski definition) is 7. The number of rotatable bonds is 9. The topological polar surface area (TPSA) is 90.9 Å². The molecule has 212 valence electrons. The van der Waals surface area contributed by atoms with Crippen molar-refractivity contribution in [2.45, 2.75) is 58.2 Å². The van der Waals surface area contributed by atoms with Crippen molar-refractivity contribution in [2.24, 2.45) is 17.8 Å². The summed E-state index contributed by atoms with van der Waals surface area (Å²) >= 11 is 0. The molecule has 2 aromatic rings. The van der Waals surface area contributed by atoms with Crippen LogP contribution in [0.15, 0.2) is 43.1 Å². The van der Waals surface area contributed by atoms with Gasteiger partial charge < -0.3 is 15.0 Å². The van der Waals surface area contributed by atoms with Gasteiger partial charge in [0.25, 0.3) is 0 Å². The number of aromatic nitrogens is 2. The van der Waals surface area contributed by atoms with Crippen LogP contribution >= 0.6 is 0 Å². The number of amides is 2. The molecule has 3 atom stereocenters. The van der Waals surface area contributed by atoms with Crippen molar-refractivity contribution in [3.05, 3.63) is 59.8 Å². The van der Waals surface area contributed by atoms with Gasteiger partial charge in [-0.2, -0.15) is 4.98 Å². The van der Waals surface area contributed by atoms with Gasteiger partial charge in [-0.1, -0.05) is 30.8 Å². The van der Waals surface area contributed by atoms with Crippen molar-refractivity contribution < 1.29 is 14.3 Å². The molecule has 4 fully saturated rings. The minimum absolute atomic E-state index is 0.00770. The van der Waals surface area contributed by atoms with Crippen molar-refractivity contribution in [1.29, 1.82) is 0 Å². The van der Waals surface area contributed by atoms with E-state index in [1.165, 1.54) is 42.2 Å². The van der Waals surface area contributed by atoms with Crippen LogP contribution in [0.2, 0.25) is 0 Å². The summed E-state index contributed by atoms with van der Waals surface area (Å²) < 4.78 is 5.20. The highest BCUT2D eigenvalue weighted by molar-refractivity contribution is 5.89. The summed E-state index contributed by atoms with van der Waals surface area (Å²) in [4.78, 5) is 39.4. The summed E-state index contributed by atoms with van der Waals surface area (Å²) in [5, 5.41) is 3.41. The molecule has 40 heavy (non-hydrogen) atoms. The summed E-state index contributed by atoms with van der Waals surface area (Å²) in [6.07, 6.45) is 8.20. The van der Waals surface area contributed by atoms with Gasteiger partial charge in [0.05, 0.1) is 11.6 Å². The van der Waals surface area contributed by atoms with E-state index in [4.69, 9.17) is 4.74 Å². The Bertz CT molecular complexity index is 1250. The van der Waals surface area contributed by atoms with Crippen molar-refractivity contribution >= 4 is 23.8 Å². The number of carbonyl (C=O) groups is 2. The maximum absolute atomic E-state index is 12.1. The van der Waals surface area contributed by atoms with Gasteiger partial charge in [-0.25, -0.2) is 9.78 Å². The number of piperazine rings is 1. The van der Waals surface area contributed by atoms with Crippen LogP contribution in [0.25, 0.3) is 0 Å². The van der Waals surface area contributed by atoms with Gasteiger partial charge in [0.1, 0.15) is 12.4 Å². The first-order valence-electron chi connectivity index (χ1n) is 14.8. The first-order valence-corrected chi connectivity index (χ1v) is 14.8. The largest absolute Gasteiger partial charge is 0.444 e. The SMILES string of the molecule is C=CC(=O)N1CCN(C(CC2CC3CC2C3)c2ccc([C@H](C)Nc3ncc4c(n3)N(CC)C(=O)OC4)cc2)CC1. The van der Waals surface area contributed by atoms with Crippen LogP contribution in [-0.4, -0.2) is 64.5 Å². The van der Waals surface area contributed by atoms with Crippen LogP contribution in [0.4, 0.5) is 16.6 Å². The van der Waals surface area contributed by atoms with Gasteiger partial charge in [0, 0.05) is 45.0 Å². The quantitative estimate of drug-likeness (QED) is 0.448. The van der Waals surface area contributed by atoms with Crippen molar-refractivity contribution in [3.63, 3.8) is 0 Å². The fourth-order valence-electron chi connectivity index (χ4n) is 7.11. The van der Waals surface area contributed by atoms with Gasteiger partial charge in [-0.3, -0.25) is 14.6 Å². The maximum Gasteiger partial charge on any atom is 0.415 e. The van der Waals surface area contributed by atoms with E-state index >= 15 is 0 Å². The van der Waals surface area contributed by atoms with E-state index in [1.54, 1.807) is 6.20 Å². The highest BCUT2D eigenvalue weighted by Crippen LogP contribution is 2.55. The van der Waals surface area contributed by atoms with E-state index in [1.807, 2.05) is 11.8 Å². The lowest BCUT2D eigenvalue weighted by molar-refractivity contribution is -0.128. The molecule has 1 aromatic heterocycles. The zero-order valence-corrected chi connectivity index (χ0v) is 23.6. The molecule has 1 N–H and O–H groups in total. The molecule has 2 amide bonds. The van der Waals surface area contributed by atoms with E-state index in [9.17, 15) is 9.59 Å². The summed E-state index contributed by atoms with van der Waals surface area (Å²) in [5.41, 5.74) is 3.32. The lowest BCUT2D eigenvalue weighted by Crippen LogP contribution is -2.49. The van der Waals surface area contributed by atoms with Gasteiger partial charge in [0.2, 0.25) is 11.9 Å². The lowest BCUT2D eigenvalue weighted by Gasteiger charge is -2.40. The number of nitrogens with one attached hydrogen (secondary N) is 1. The number of benzene rings is 1. The Balaban J connectivity index is 1.16. The minimum atomic E-state index is -0.374. The monoisotopic (exact) mass is 544 g/mol. The van der Waals surface area contributed by atoms with Crippen molar-refractivity contribution in [1.82, 2.24) is 19.8 Å². The molecule has 1 aromatic carbocycles. The van der Waals surface area contributed by atoms with Crippen LogP contribution in [-0.2, 0) is 16.1 Å². The third-order valence-corrected chi connectivity index (χ3v) is 9.49. The smallest absolute Gasteiger partial charge is 0.415 e. The lowest BCUT2D eigenvalue weighted by atomic mass is 9.80. The standard InChI is InChI=1S/C31H40N6O3/c1-4-28(38)36-12-10-35(11-13-36)27(17-25-16-21-14-24(25)15-21)23-8-6-22(7-9-23)20(3)33-30-32-18-26-19-40-31(39)37(5-2)29(26)34-30/h4,6-9,18,20-21,24-25,27H,1,5,10-17,19H2,2-3H3,(H,32,33,34)/t20-,21?,24?,25?,27?/m0/s1. The minimum Gasteiger partial charge on any atom is -0.444 e. The van der Waals surface area contributed by atoms with E-state index in [0.717, 1.165) is 55.1 Å².